The summed E-state index contributed by atoms with van der Waals surface area (Å²) in [4.78, 5) is 27.8. The molecule has 4 atom stereocenters. The zero-order valence-corrected chi connectivity index (χ0v) is 46.3. The number of piperidine rings is 2. The maximum atomic E-state index is 9.88. The lowest BCUT2D eigenvalue weighted by Crippen LogP contribution is -2.48. The Morgan fingerprint density at radius 3 is 1.26 bits per heavy atom. The monoisotopic (exact) mass is 1080 g/mol. The van der Waals surface area contributed by atoms with Crippen molar-refractivity contribution in [2.24, 2.45) is 0 Å². The summed E-state index contributed by atoms with van der Waals surface area (Å²) in [6.07, 6.45) is 10.7. The molecular formula is C54H76N12O8S2. The average molecular weight is 1090 g/mol. The number of morpholine rings is 2. The maximum absolute atomic E-state index is 9.88. The van der Waals surface area contributed by atoms with Crippen molar-refractivity contribution < 1.29 is 38.6 Å². The van der Waals surface area contributed by atoms with Crippen LogP contribution in [0.5, 0.6) is 12.0 Å². The molecule has 2 aromatic carbocycles. The standard InChI is InChI=1S/2C27H36N6O4.2H2S/c2*1-18-11-20-14-28-33(24(20)12-23(18)19-3-6-31(7-4-19)21-5-9-36-16-21)26-13-25(29-27(30-26)35-2)32-8-10-37-17-22(32)15-34;;/h2*11-14,19,21-22,34H,3-10,15-17H2,1-2H3;2*1H2/t2*21?,22-;;/m00../s1. The van der Waals surface area contributed by atoms with Crippen LogP contribution in [-0.2, 0) is 18.9 Å². The summed E-state index contributed by atoms with van der Waals surface area (Å²) in [6.45, 7) is 15.8. The van der Waals surface area contributed by atoms with Gasteiger partial charge < -0.3 is 48.4 Å². The van der Waals surface area contributed by atoms with E-state index in [1.165, 1.54) is 22.3 Å². The van der Waals surface area contributed by atoms with Crippen molar-refractivity contribution >= 4 is 60.4 Å². The van der Waals surface area contributed by atoms with Gasteiger partial charge in [-0.1, -0.05) is 0 Å². The molecule has 412 valence electrons. The molecule has 0 spiro atoms. The Morgan fingerprint density at radius 2 is 0.895 bits per heavy atom. The highest BCUT2D eigenvalue weighted by molar-refractivity contribution is 7.59. The van der Waals surface area contributed by atoms with Crippen molar-refractivity contribution in [2.75, 3.05) is 129 Å². The van der Waals surface area contributed by atoms with Crippen molar-refractivity contribution in [3.63, 3.8) is 0 Å². The number of fused-ring (bicyclic) bond motifs is 2. The minimum absolute atomic E-state index is 0. The van der Waals surface area contributed by atoms with Crippen LogP contribution in [0.25, 0.3) is 33.4 Å². The number of anilines is 2. The molecule has 0 aliphatic carbocycles. The van der Waals surface area contributed by atoms with E-state index >= 15 is 0 Å². The van der Waals surface area contributed by atoms with E-state index in [0.29, 0.717) is 86.7 Å². The number of hydrogen-bond donors (Lipinski definition) is 2. The Labute approximate surface area is 458 Å². The first-order valence-corrected chi connectivity index (χ1v) is 26.7. The maximum Gasteiger partial charge on any atom is 0.320 e. The number of aryl methyl sites for hydroxylation is 2. The van der Waals surface area contributed by atoms with Crippen molar-refractivity contribution in [3.05, 3.63) is 71.0 Å². The van der Waals surface area contributed by atoms with E-state index in [2.05, 4.69) is 77.6 Å². The second-order valence-electron chi connectivity index (χ2n) is 20.7. The minimum Gasteiger partial charge on any atom is -0.467 e. The lowest BCUT2D eigenvalue weighted by molar-refractivity contribution is 0.0720. The molecule has 0 amide bonds. The molecule has 0 bridgehead atoms. The highest BCUT2D eigenvalue weighted by atomic mass is 32.1. The molecule has 20 nitrogen and oxygen atoms in total. The SMILES string of the molecule is COc1nc(N2CCOC[C@@H]2CO)cc(-n2ncc3cc(C)c(C4CCN(C5CCOC5)CC4)cc32)n1.COc1nc(N2CCOC[C@@H]2CO)cc(-n2ncc3cc(C)c(C4CCN(C5CCOC5)CC4)cc32)n1.S.S. The molecule has 0 saturated carbocycles. The molecule has 76 heavy (non-hydrogen) atoms. The third-order valence-electron chi connectivity index (χ3n) is 16.3. The van der Waals surface area contributed by atoms with Crippen LogP contribution in [0.4, 0.5) is 11.6 Å². The van der Waals surface area contributed by atoms with Crippen molar-refractivity contribution in [1.29, 1.82) is 0 Å². The third kappa shape index (κ3) is 11.8. The molecule has 4 aromatic heterocycles. The summed E-state index contributed by atoms with van der Waals surface area (Å²) in [7, 11) is 3.14. The lowest BCUT2D eigenvalue weighted by Gasteiger charge is -2.36. The normalized spacial score (nSPS) is 23.1. The number of nitrogens with zero attached hydrogens (tertiary/aromatic N) is 12. The molecule has 6 saturated heterocycles. The molecule has 6 fully saturated rings. The number of aromatic nitrogens is 8. The topological polar surface area (TPSA) is 196 Å². The summed E-state index contributed by atoms with van der Waals surface area (Å²) < 4.78 is 37.0. The highest BCUT2D eigenvalue weighted by Gasteiger charge is 2.32. The van der Waals surface area contributed by atoms with Crippen molar-refractivity contribution in [1.82, 2.24) is 49.3 Å². The minimum atomic E-state index is -0.161. The number of rotatable bonds is 12. The number of likely N-dealkylation sites (tertiary alicyclic amines) is 2. The van der Waals surface area contributed by atoms with Gasteiger partial charge in [0.1, 0.15) is 11.6 Å². The van der Waals surface area contributed by atoms with Crippen molar-refractivity contribution in [2.45, 2.75) is 88.4 Å². The molecule has 12 rings (SSSR count). The molecular weight excluding hydrogens is 1010 g/mol. The second kappa shape index (κ2) is 25.3. The lowest BCUT2D eigenvalue weighted by atomic mass is 9.86. The first-order chi connectivity index (χ1) is 36.3. The molecule has 2 N–H and O–H groups in total. The van der Waals surface area contributed by atoms with Gasteiger partial charge in [0.05, 0.1) is 103 Å². The summed E-state index contributed by atoms with van der Waals surface area (Å²) in [5.41, 5.74) is 7.47. The summed E-state index contributed by atoms with van der Waals surface area (Å²) in [5, 5.41) is 31.4. The van der Waals surface area contributed by atoms with Gasteiger partial charge in [-0.2, -0.15) is 57.1 Å². The van der Waals surface area contributed by atoms with E-state index < -0.39 is 0 Å². The number of aliphatic hydroxyl groups excluding tert-OH is 2. The van der Waals surface area contributed by atoms with Gasteiger partial charge >= 0.3 is 12.0 Å². The Bertz CT molecular complexity index is 2680. The van der Waals surface area contributed by atoms with E-state index in [-0.39, 0.29) is 64.3 Å². The quantitative estimate of drug-likeness (QED) is 0.169. The van der Waals surface area contributed by atoms with E-state index in [4.69, 9.17) is 38.6 Å². The van der Waals surface area contributed by atoms with Gasteiger partial charge in [0, 0.05) is 61.3 Å². The predicted molar refractivity (Wildman–Crippen MR) is 300 cm³/mol. The van der Waals surface area contributed by atoms with Crippen LogP contribution in [0, 0.1) is 13.8 Å². The number of ether oxygens (including phenoxy) is 6. The summed E-state index contributed by atoms with van der Waals surface area (Å²) in [5.74, 6) is 3.74. The van der Waals surface area contributed by atoms with Gasteiger partial charge in [-0.15, -0.1) is 0 Å². The predicted octanol–water partition coefficient (Wildman–Crippen LogP) is 4.82. The van der Waals surface area contributed by atoms with Crippen molar-refractivity contribution in [3.8, 4) is 23.7 Å². The third-order valence-corrected chi connectivity index (χ3v) is 16.3. The van der Waals surface area contributed by atoms with Crippen LogP contribution < -0.4 is 19.3 Å². The Balaban J connectivity index is 0.000000181. The fourth-order valence-corrected chi connectivity index (χ4v) is 12.1. The number of benzene rings is 2. The van der Waals surface area contributed by atoms with Gasteiger partial charge in [0.2, 0.25) is 0 Å². The molecule has 6 aliphatic heterocycles. The van der Waals surface area contributed by atoms with Gasteiger partial charge in [-0.05, 0) is 137 Å². The first kappa shape index (κ1) is 55.9. The van der Waals surface area contributed by atoms with E-state index in [0.717, 1.165) is 113 Å². The smallest absolute Gasteiger partial charge is 0.320 e. The molecule has 22 heteroatoms. The Morgan fingerprint density at radius 1 is 0.500 bits per heavy atom. The summed E-state index contributed by atoms with van der Waals surface area (Å²) in [6, 6.07) is 14.3. The molecule has 0 radical (unpaired) electrons. The Kier molecular flexibility index (Phi) is 18.6. The van der Waals surface area contributed by atoms with Gasteiger partial charge in [0.15, 0.2) is 11.6 Å². The largest absolute Gasteiger partial charge is 0.467 e. The summed E-state index contributed by atoms with van der Waals surface area (Å²) >= 11 is 0. The molecule has 6 aromatic rings. The van der Waals surface area contributed by atoms with Crippen LogP contribution in [0.3, 0.4) is 0 Å². The van der Waals surface area contributed by atoms with E-state index in [9.17, 15) is 10.2 Å². The molecule has 2 unspecified atom stereocenters. The van der Waals surface area contributed by atoms with E-state index in [1.54, 1.807) is 14.2 Å². The van der Waals surface area contributed by atoms with Crippen LogP contribution in [0.2, 0.25) is 0 Å². The zero-order chi connectivity index (χ0) is 50.7. The molecule has 6 aliphatic rings. The van der Waals surface area contributed by atoms with E-state index in [1.807, 2.05) is 33.9 Å². The van der Waals surface area contributed by atoms with Gasteiger partial charge in [0.25, 0.3) is 0 Å². The second-order valence-corrected chi connectivity index (χ2v) is 20.7. The van der Waals surface area contributed by atoms with Crippen LogP contribution in [0.15, 0.2) is 48.8 Å². The van der Waals surface area contributed by atoms with Crippen LogP contribution in [-0.4, -0.2) is 203 Å². The fourth-order valence-electron chi connectivity index (χ4n) is 12.1. The zero-order valence-electron chi connectivity index (χ0n) is 44.3. The first-order valence-electron chi connectivity index (χ1n) is 26.7. The number of methoxy groups -OCH3 is 2. The molecule has 10 heterocycles. The number of hydrogen-bond acceptors (Lipinski definition) is 18. The highest BCUT2D eigenvalue weighted by Crippen LogP contribution is 2.37. The van der Waals surface area contributed by atoms with Crippen LogP contribution >= 0.6 is 27.0 Å². The Hall–Kier alpha value is -4.88. The van der Waals surface area contributed by atoms with Crippen LogP contribution in [0.1, 0.15) is 72.6 Å². The van der Waals surface area contributed by atoms with Gasteiger partial charge in [-0.3, -0.25) is 9.80 Å². The fraction of sp³-hybridized carbons (Fsp3) is 0.593. The average Bonchev–Trinajstić information content (AvgIpc) is 4.32. The number of aliphatic hydroxyl groups is 2. The van der Waals surface area contributed by atoms with Gasteiger partial charge in [-0.25, -0.2) is 9.36 Å².